The highest BCUT2D eigenvalue weighted by Crippen LogP contribution is 2.23. The standard InChI is InChI=1S/C13H23N3O2/c1-13(2,3)12-15-10(14-4)9-11(16-12)18-8-6-7-17-5/h9H,6-8H2,1-5H3,(H,14,15,16). The van der Waals surface area contributed by atoms with E-state index < -0.39 is 0 Å². The van der Waals surface area contributed by atoms with Crippen molar-refractivity contribution in [3.8, 4) is 5.88 Å². The predicted molar refractivity (Wildman–Crippen MR) is 72.3 cm³/mol. The number of hydrogen-bond acceptors (Lipinski definition) is 5. The van der Waals surface area contributed by atoms with Gasteiger partial charge in [-0.05, 0) is 0 Å². The Morgan fingerprint density at radius 3 is 2.50 bits per heavy atom. The Hall–Kier alpha value is -1.36. The van der Waals surface area contributed by atoms with Crippen LogP contribution in [-0.4, -0.2) is 37.3 Å². The van der Waals surface area contributed by atoms with E-state index in [1.165, 1.54) is 0 Å². The number of nitrogens with zero attached hydrogens (tertiary/aromatic N) is 2. The number of nitrogens with one attached hydrogen (secondary N) is 1. The van der Waals surface area contributed by atoms with E-state index in [0.717, 1.165) is 18.1 Å². The normalized spacial score (nSPS) is 11.4. The first-order valence-electron chi connectivity index (χ1n) is 6.16. The Labute approximate surface area is 109 Å². The maximum atomic E-state index is 5.62. The largest absolute Gasteiger partial charge is 0.477 e. The molecule has 0 saturated heterocycles. The molecule has 1 aromatic heterocycles. The third kappa shape index (κ3) is 4.49. The van der Waals surface area contributed by atoms with Gasteiger partial charge in [-0.1, -0.05) is 20.8 Å². The molecule has 0 spiro atoms. The lowest BCUT2D eigenvalue weighted by Crippen LogP contribution is -2.17. The molecule has 0 saturated carbocycles. The fourth-order valence-corrected chi connectivity index (χ4v) is 1.34. The van der Waals surface area contributed by atoms with Crippen LogP contribution in [0.4, 0.5) is 5.82 Å². The van der Waals surface area contributed by atoms with Crippen molar-refractivity contribution < 1.29 is 9.47 Å². The van der Waals surface area contributed by atoms with Crippen molar-refractivity contribution >= 4 is 5.82 Å². The zero-order valence-corrected chi connectivity index (χ0v) is 11.9. The van der Waals surface area contributed by atoms with E-state index in [0.29, 0.717) is 19.1 Å². The van der Waals surface area contributed by atoms with E-state index in [9.17, 15) is 0 Å². The third-order valence-corrected chi connectivity index (χ3v) is 2.37. The molecule has 0 aliphatic rings. The summed E-state index contributed by atoms with van der Waals surface area (Å²) in [6, 6.07) is 1.81. The zero-order valence-electron chi connectivity index (χ0n) is 11.9. The quantitative estimate of drug-likeness (QED) is 0.788. The average Bonchev–Trinajstić information content (AvgIpc) is 2.33. The first-order chi connectivity index (χ1) is 8.47. The molecule has 5 heteroatoms. The summed E-state index contributed by atoms with van der Waals surface area (Å²) in [6.45, 7) is 7.52. The van der Waals surface area contributed by atoms with Crippen LogP contribution in [0.3, 0.4) is 0 Å². The number of anilines is 1. The molecule has 1 N–H and O–H groups in total. The number of ether oxygens (including phenoxy) is 2. The molecule has 5 nitrogen and oxygen atoms in total. The van der Waals surface area contributed by atoms with Crippen molar-refractivity contribution in [2.45, 2.75) is 32.6 Å². The molecular weight excluding hydrogens is 230 g/mol. The smallest absolute Gasteiger partial charge is 0.218 e. The van der Waals surface area contributed by atoms with Gasteiger partial charge in [0.2, 0.25) is 5.88 Å². The van der Waals surface area contributed by atoms with Crippen molar-refractivity contribution in [3.05, 3.63) is 11.9 Å². The summed E-state index contributed by atoms with van der Waals surface area (Å²) in [5, 5.41) is 3.03. The summed E-state index contributed by atoms with van der Waals surface area (Å²) in [5.41, 5.74) is -0.0997. The van der Waals surface area contributed by atoms with Crippen LogP contribution in [0.1, 0.15) is 33.0 Å². The molecule has 0 atom stereocenters. The first kappa shape index (κ1) is 14.7. The molecule has 18 heavy (non-hydrogen) atoms. The molecule has 0 amide bonds. The number of hydrogen-bond donors (Lipinski definition) is 1. The first-order valence-corrected chi connectivity index (χ1v) is 6.16. The monoisotopic (exact) mass is 253 g/mol. The molecule has 0 unspecified atom stereocenters. The van der Waals surface area contributed by atoms with E-state index in [1.807, 2.05) is 13.1 Å². The molecule has 1 rings (SSSR count). The van der Waals surface area contributed by atoms with Crippen molar-refractivity contribution in [2.75, 3.05) is 32.7 Å². The summed E-state index contributed by atoms with van der Waals surface area (Å²) >= 11 is 0. The topological polar surface area (TPSA) is 56.3 Å². The summed E-state index contributed by atoms with van der Waals surface area (Å²) in [4.78, 5) is 8.88. The van der Waals surface area contributed by atoms with Gasteiger partial charge in [0, 0.05) is 38.7 Å². The second-order valence-corrected chi connectivity index (χ2v) is 5.11. The number of methoxy groups -OCH3 is 1. The Morgan fingerprint density at radius 2 is 1.94 bits per heavy atom. The molecule has 0 bridgehead atoms. The van der Waals surface area contributed by atoms with Crippen LogP contribution in [-0.2, 0) is 10.2 Å². The summed E-state index contributed by atoms with van der Waals surface area (Å²) < 4.78 is 10.6. The van der Waals surface area contributed by atoms with E-state index >= 15 is 0 Å². The van der Waals surface area contributed by atoms with Crippen LogP contribution >= 0.6 is 0 Å². The van der Waals surface area contributed by atoms with Gasteiger partial charge in [-0.2, -0.15) is 4.98 Å². The maximum Gasteiger partial charge on any atom is 0.218 e. The predicted octanol–water partition coefficient (Wildman–Crippen LogP) is 2.23. The minimum absolute atomic E-state index is 0.0997. The molecule has 1 aromatic rings. The van der Waals surface area contributed by atoms with Crippen LogP contribution < -0.4 is 10.1 Å². The van der Waals surface area contributed by atoms with Crippen LogP contribution in [0.15, 0.2) is 6.07 Å². The van der Waals surface area contributed by atoms with Gasteiger partial charge in [-0.25, -0.2) is 4.98 Å². The van der Waals surface area contributed by atoms with Crippen LogP contribution in [0, 0.1) is 0 Å². The van der Waals surface area contributed by atoms with Gasteiger partial charge in [0.25, 0.3) is 0 Å². The van der Waals surface area contributed by atoms with E-state index in [2.05, 4.69) is 36.1 Å². The molecule has 1 heterocycles. The van der Waals surface area contributed by atoms with Crippen LogP contribution in [0.2, 0.25) is 0 Å². The molecule has 0 aromatic carbocycles. The molecule has 0 aliphatic heterocycles. The average molecular weight is 253 g/mol. The lowest BCUT2D eigenvalue weighted by molar-refractivity contribution is 0.170. The number of aromatic nitrogens is 2. The Kier molecular flexibility index (Phi) is 5.34. The van der Waals surface area contributed by atoms with Gasteiger partial charge in [0.15, 0.2) is 0 Å². The van der Waals surface area contributed by atoms with Crippen LogP contribution in [0.5, 0.6) is 5.88 Å². The second kappa shape index (κ2) is 6.54. The van der Waals surface area contributed by atoms with Crippen molar-refractivity contribution in [1.82, 2.24) is 9.97 Å². The van der Waals surface area contributed by atoms with Crippen molar-refractivity contribution in [1.29, 1.82) is 0 Å². The highest BCUT2D eigenvalue weighted by Gasteiger charge is 2.19. The minimum Gasteiger partial charge on any atom is -0.477 e. The second-order valence-electron chi connectivity index (χ2n) is 5.11. The van der Waals surface area contributed by atoms with Gasteiger partial charge in [0.05, 0.1) is 6.61 Å². The fraction of sp³-hybridized carbons (Fsp3) is 0.692. The summed E-state index contributed by atoms with van der Waals surface area (Å²) in [6.07, 6.45) is 0.847. The molecule has 102 valence electrons. The maximum absolute atomic E-state index is 5.62. The lowest BCUT2D eigenvalue weighted by atomic mass is 9.96. The van der Waals surface area contributed by atoms with Gasteiger partial charge in [0.1, 0.15) is 11.6 Å². The highest BCUT2D eigenvalue weighted by atomic mass is 16.5. The fourth-order valence-electron chi connectivity index (χ4n) is 1.34. The van der Waals surface area contributed by atoms with Gasteiger partial charge < -0.3 is 14.8 Å². The Bertz CT molecular complexity index is 375. The lowest BCUT2D eigenvalue weighted by Gasteiger charge is -2.18. The van der Waals surface area contributed by atoms with Gasteiger partial charge in [-0.15, -0.1) is 0 Å². The molecular formula is C13H23N3O2. The van der Waals surface area contributed by atoms with Gasteiger partial charge >= 0.3 is 0 Å². The Morgan fingerprint density at radius 1 is 1.22 bits per heavy atom. The SMILES string of the molecule is CNc1cc(OCCCOC)nc(C(C)(C)C)n1. The van der Waals surface area contributed by atoms with E-state index in [1.54, 1.807) is 7.11 Å². The third-order valence-electron chi connectivity index (χ3n) is 2.37. The minimum atomic E-state index is -0.0997. The zero-order chi connectivity index (χ0) is 13.6. The molecule has 0 fully saturated rings. The summed E-state index contributed by atoms with van der Waals surface area (Å²) in [5.74, 6) is 2.16. The molecule has 0 radical (unpaired) electrons. The molecule has 0 aliphatic carbocycles. The summed E-state index contributed by atoms with van der Waals surface area (Å²) in [7, 11) is 3.52. The Balaban J connectivity index is 2.78. The van der Waals surface area contributed by atoms with Gasteiger partial charge in [-0.3, -0.25) is 0 Å². The van der Waals surface area contributed by atoms with Crippen molar-refractivity contribution in [3.63, 3.8) is 0 Å². The number of rotatable bonds is 6. The van der Waals surface area contributed by atoms with Crippen molar-refractivity contribution in [2.24, 2.45) is 0 Å². The van der Waals surface area contributed by atoms with E-state index in [-0.39, 0.29) is 5.41 Å². The van der Waals surface area contributed by atoms with Crippen LogP contribution in [0.25, 0.3) is 0 Å². The van der Waals surface area contributed by atoms with E-state index in [4.69, 9.17) is 9.47 Å². The highest BCUT2D eigenvalue weighted by molar-refractivity contribution is 5.38.